The molecule has 0 amide bonds. The lowest BCUT2D eigenvalue weighted by molar-refractivity contribution is -0.120. The number of Topliss-reactive ketones (excluding diaryl/α,β-unsaturated/α-hetero) is 1. The van der Waals surface area contributed by atoms with Crippen molar-refractivity contribution in [3.8, 4) is 0 Å². The van der Waals surface area contributed by atoms with Crippen LogP contribution in [0.5, 0.6) is 0 Å². The van der Waals surface area contributed by atoms with E-state index in [0.717, 1.165) is 42.6 Å². The molecule has 5 aliphatic carbocycles. The number of hydrogen-bond donors (Lipinski definition) is 0. The van der Waals surface area contributed by atoms with Crippen LogP contribution >= 0.6 is 0 Å². The van der Waals surface area contributed by atoms with E-state index in [-0.39, 0.29) is 0 Å². The van der Waals surface area contributed by atoms with Gasteiger partial charge in [0.25, 0.3) is 0 Å². The van der Waals surface area contributed by atoms with Crippen molar-refractivity contribution >= 4 is 5.78 Å². The molecule has 0 bridgehead atoms. The molecule has 0 saturated heterocycles. The summed E-state index contributed by atoms with van der Waals surface area (Å²) >= 11 is 0. The number of rotatable bonds is 5. The molecule has 0 radical (unpaired) electrons. The van der Waals surface area contributed by atoms with Crippen molar-refractivity contribution in [1.82, 2.24) is 0 Å². The molecule has 1 heteroatoms. The van der Waals surface area contributed by atoms with Crippen molar-refractivity contribution in [2.75, 3.05) is 0 Å². The van der Waals surface area contributed by atoms with Gasteiger partial charge in [-0.2, -0.15) is 0 Å². The van der Waals surface area contributed by atoms with E-state index in [9.17, 15) is 4.79 Å². The molecule has 2 fully saturated rings. The first-order chi connectivity index (χ1) is 16.7. The minimum atomic E-state index is 0.293. The van der Waals surface area contributed by atoms with Gasteiger partial charge < -0.3 is 0 Å². The van der Waals surface area contributed by atoms with Gasteiger partial charge in [0.2, 0.25) is 0 Å². The Bertz CT molecular complexity index is 1080. The molecular weight excluding hydrogens is 412 g/mol. The molecule has 4 atom stereocenters. The molecule has 4 unspecified atom stereocenters. The Kier molecular flexibility index (Phi) is 6.06. The van der Waals surface area contributed by atoms with Crippen molar-refractivity contribution in [2.45, 2.75) is 70.6 Å². The second-order valence-corrected chi connectivity index (χ2v) is 11.6. The van der Waals surface area contributed by atoms with E-state index in [4.69, 9.17) is 0 Å². The highest BCUT2D eigenvalue weighted by molar-refractivity contribution is 5.98. The molecule has 0 N–H and O–H groups in total. The normalized spacial score (nSPS) is 34.6. The number of allylic oxidation sites excluding steroid dienone is 10. The smallest absolute Gasteiger partial charge is 0.162 e. The van der Waals surface area contributed by atoms with Crippen LogP contribution in [0.1, 0.15) is 74.8 Å². The maximum Gasteiger partial charge on any atom is 0.162 e. The van der Waals surface area contributed by atoms with E-state index in [1.165, 1.54) is 55.2 Å². The summed E-state index contributed by atoms with van der Waals surface area (Å²) in [5, 5.41) is 0. The molecular formula is C33H38O. The SMILES string of the molecule is Cc1ccc(C2C=CC3=C2C=CC(C2CCC(C4CCC(C(=O)C5=CC=CC5)CC4)C2)C3)cc1. The predicted molar refractivity (Wildman–Crippen MR) is 140 cm³/mol. The van der Waals surface area contributed by atoms with Gasteiger partial charge in [0.1, 0.15) is 0 Å². The van der Waals surface area contributed by atoms with Crippen LogP contribution in [0.15, 0.2) is 83.5 Å². The number of hydrogen-bond acceptors (Lipinski definition) is 1. The van der Waals surface area contributed by atoms with Gasteiger partial charge >= 0.3 is 0 Å². The summed E-state index contributed by atoms with van der Waals surface area (Å²) in [6, 6.07) is 9.07. The summed E-state index contributed by atoms with van der Waals surface area (Å²) < 4.78 is 0. The molecule has 2 saturated carbocycles. The van der Waals surface area contributed by atoms with Crippen LogP contribution in [0, 0.1) is 36.5 Å². The lowest BCUT2D eigenvalue weighted by Crippen LogP contribution is -2.26. The predicted octanol–water partition coefficient (Wildman–Crippen LogP) is 8.20. The molecule has 0 aliphatic heterocycles. The lowest BCUT2D eigenvalue weighted by atomic mass is 9.72. The van der Waals surface area contributed by atoms with E-state index in [0.29, 0.717) is 23.5 Å². The third-order valence-electron chi connectivity index (χ3n) is 9.63. The summed E-state index contributed by atoms with van der Waals surface area (Å²) in [5.41, 5.74) is 6.91. The van der Waals surface area contributed by atoms with Crippen molar-refractivity contribution in [3.63, 3.8) is 0 Å². The zero-order valence-corrected chi connectivity index (χ0v) is 20.6. The first-order valence-electron chi connectivity index (χ1n) is 13.7. The van der Waals surface area contributed by atoms with Gasteiger partial charge in [-0.3, -0.25) is 4.79 Å². The van der Waals surface area contributed by atoms with Crippen molar-refractivity contribution in [3.05, 3.63) is 94.6 Å². The number of benzene rings is 1. The highest BCUT2D eigenvalue weighted by Gasteiger charge is 2.38. The van der Waals surface area contributed by atoms with Crippen LogP contribution < -0.4 is 0 Å². The Labute approximate surface area is 205 Å². The van der Waals surface area contributed by atoms with Crippen LogP contribution in [0.25, 0.3) is 0 Å². The fourth-order valence-electron chi connectivity index (χ4n) is 7.56. The average molecular weight is 451 g/mol. The van der Waals surface area contributed by atoms with Crippen LogP contribution in [0.4, 0.5) is 0 Å². The lowest BCUT2D eigenvalue weighted by Gasteiger charge is -2.32. The van der Waals surface area contributed by atoms with Gasteiger partial charge in [0.15, 0.2) is 5.78 Å². The summed E-state index contributed by atoms with van der Waals surface area (Å²) in [5.74, 6) is 4.47. The molecule has 176 valence electrons. The highest BCUT2D eigenvalue weighted by atomic mass is 16.1. The number of aryl methyl sites for hydroxylation is 1. The quantitative estimate of drug-likeness (QED) is 0.442. The molecule has 1 nitrogen and oxygen atoms in total. The fourth-order valence-corrected chi connectivity index (χ4v) is 7.56. The number of ketones is 1. The van der Waals surface area contributed by atoms with Crippen LogP contribution in [-0.2, 0) is 4.79 Å². The minimum absolute atomic E-state index is 0.293. The monoisotopic (exact) mass is 450 g/mol. The van der Waals surface area contributed by atoms with Gasteiger partial charge in [-0.05, 0) is 111 Å². The third kappa shape index (κ3) is 4.23. The van der Waals surface area contributed by atoms with E-state index in [1.54, 1.807) is 5.57 Å². The van der Waals surface area contributed by atoms with E-state index >= 15 is 0 Å². The third-order valence-corrected chi connectivity index (χ3v) is 9.63. The Hall–Kier alpha value is -2.41. The minimum Gasteiger partial charge on any atom is -0.294 e. The highest BCUT2D eigenvalue weighted by Crippen LogP contribution is 2.49. The van der Waals surface area contributed by atoms with Crippen molar-refractivity contribution < 1.29 is 4.79 Å². The van der Waals surface area contributed by atoms with Crippen molar-refractivity contribution in [1.29, 1.82) is 0 Å². The zero-order chi connectivity index (χ0) is 23.1. The topological polar surface area (TPSA) is 17.1 Å². The molecule has 5 aliphatic rings. The molecule has 1 aromatic carbocycles. The maximum absolute atomic E-state index is 12.8. The standard InChI is InChI=1S/C33H38O/c1-22-6-8-24(9-7-22)31-19-17-30-21-29(16-18-32(30)31)28-15-14-27(20-28)23-10-12-26(13-11-23)33(34)25-4-2-3-5-25/h2-4,6-9,16-19,23,26-29,31H,5,10-15,20-21H2,1H3. The number of carbonyl (C=O) groups excluding carboxylic acids is 1. The molecule has 0 aromatic heterocycles. The van der Waals surface area contributed by atoms with Crippen LogP contribution in [0.2, 0.25) is 0 Å². The Morgan fingerprint density at radius 3 is 2.38 bits per heavy atom. The van der Waals surface area contributed by atoms with E-state index in [1.807, 2.05) is 12.2 Å². The average Bonchev–Trinajstić information content (AvgIpc) is 3.65. The van der Waals surface area contributed by atoms with Crippen molar-refractivity contribution in [2.24, 2.45) is 29.6 Å². The summed E-state index contributed by atoms with van der Waals surface area (Å²) in [4.78, 5) is 12.8. The Morgan fingerprint density at radius 1 is 0.853 bits per heavy atom. The summed E-state index contributed by atoms with van der Waals surface area (Å²) in [6.45, 7) is 2.16. The molecule has 0 spiro atoms. The summed E-state index contributed by atoms with van der Waals surface area (Å²) in [6.07, 6.45) is 27.1. The first kappa shape index (κ1) is 22.1. The van der Waals surface area contributed by atoms with Gasteiger partial charge in [0.05, 0.1) is 0 Å². The van der Waals surface area contributed by atoms with Crippen LogP contribution in [-0.4, -0.2) is 5.78 Å². The largest absolute Gasteiger partial charge is 0.294 e. The van der Waals surface area contributed by atoms with Gasteiger partial charge in [-0.1, -0.05) is 72.4 Å². The van der Waals surface area contributed by atoms with E-state index in [2.05, 4.69) is 61.6 Å². The van der Waals surface area contributed by atoms with Gasteiger partial charge in [-0.25, -0.2) is 0 Å². The van der Waals surface area contributed by atoms with Crippen LogP contribution in [0.3, 0.4) is 0 Å². The molecule has 34 heavy (non-hydrogen) atoms. The van der Waals surface area contributed by atoms with Gasteiger partial charge in [0, 0.05) is 11.8 Å². The second kappa shape index (κ2) is 9.33. The fraction of sp³-hybridized carbons (Fsp3) is 0.485. The van der Waals surface area contributed by atoms with E-state index < -0.39 is 0 Å². The van der Waals surface area contributed by atoms with Gasteiger partial charge in [-0.15, -0.1) is 0 Å². The summed E-state index contributed by atoms with van der Waals surface area (Å²) in [7, 11) is 0. The number of carbonyl (C=O) groups is 1. The molecule has 1 aromatic rings. The first-order valence-corrected chi connectivity index (χ1v) is 13.7. The Balaban J connectivity index is 1.03. The Morgan fingerprint density at radius 2 is 1.62 bits per heavy atom. The second-order valence-electron chi connectivity index (χ2n) is 11.6. The maximum atomic E-state index is 12.8. The molecule has 0 heterocycles. The zero-order valence-electron chi connectivity index (χ0n) is 20.6. The molecule has 6 rings (SSSR count).